The van der Waals surface area contributed by atoms with Gasteiger partial charge in [-0.05, 0) is 68.9 Å². The molecule has 0 amide bonds. The van der Waals surface area contributed by atoms with Crippen LogP contribution >= 0.6 is 0 Å². The van der Waals surface area contributed by atoms with Gasteiger partial charge in [-0.25, -0.2) is 0 Å². The van der Waals surface area contributed by atoms with E-state index in [1.807, 2.05) is 0 Å². The van der Waals surface area contributed by atoms with Crippen molar-refractivity contribution in [2.24, 2.45) is 11.7 Å². The van der Waals surface area contributed by atoms with Crippen molar-refractivity contribution < 1.29 is 0 Å². The van der Waals surface area contributed by atoms with Gasteiger partial charge in [0.05, 0.1) is 0 Å². The Morgan fingerprint density at radius 2 is 1.71 bits per heavy atom. The molecule has 3 rings (SSSR count). The summed E-state index contributed by atoms with van der Waals surface area (Å²) in [5, 5.41) is 3.71. The highest BCUT2D eigenvalue weighted by Crippen LogP contribution is 2.26. The molecule has 1 saturated heterocycles. The van der Waals surface area contributed by atoms with Gasteiger partial charge in [-0.3, -0.25) is 4.90 Å². The van der Waals surface area contributed by atoms with Gasteiger partial charge >= 0.3 is 0 Å². The molecule has 2 atom stereocenters. The van der Waals surface area contributed by atoms with E-state index in [0.717, 1.165) is 13.1 Å². The minimum atomic E-state index is 0.563. The Balaban J connectivity index is 1.55. The fourth-order valence-corrected chi connectivity index (χ4v) is 3.80. The molecule has 1 aliphatic carbocycles. The summed E-state index contributed by atoms with van der Waals surface area (Å²) in [5.41, 5.74) is 8.60. The molecule has 3 nitrogen and oxygen atoms in total. The van der Waals surface area contributed by atoms with Crippen LogP contribution in [0.2, 0.25) is 0 Å². The Hall–Kier alpha value is -1.06. The Kier molecular flexibility index (Phi) is 5.15. The number of nitrogens with zero attached hydrogens (tertiary/aromatic N) is 1. The van der Waals surface area contributed by atoms with Crippen LogP contribution < -0.4 is 11.1 Å². The van der Waals surface area contributed by atoms with Gasteiger partial charge in [0.2, 0.25) is 0 Å². The maximum absolute atomic E-state index is 5.92. The van der Waals surface area contributed by atoms with Crippen molar-refractivity contribution in [1.29, 1.82) is 0 Å². The van der Waals surface area contributed by atoms with Gasteiger partial charge in [0.25, 0.3) is 0 Å². The molecule has 0 spiro atoms. The molecule has 1 saturated carbocycles. The van der Waals surface area contributed by atoms with Crippen molar-refractivity contribution in [3.8, 4) is 0 Å². The van der Waals surface area contributed by atoms with Crippen molar-refractivity contribution in [3.05, 3.63) is 29.8 Å². The van der Waals surface area contributed by atoms with E-state index in [9.17, 15) is 0 Å². The molecule has 2 fully saturated rings. The minimum absolute atomic E-state index is 0.563. The first kappa shape index (κ1) is 14.9. The maximum atomic E-state index is 5.92. The van der Waals surface area contributed by atoms with Crippen LogP contribution in [-0.2, 0) is 6.54 Å². The first-order valence-electron chi connectivity index (χ1n) is 8.63. The lowest BCUT2D eigenvalue weighted by Gasteiger charge is -2.32. The molecule has 1 aromatic carbocycles. The van der Waals surface area contributed by atoms with Crippen LogP contribution in [0.4, 0.5) is 5.69 Å². The van der Waals surface area contributed by atoms with Gasteiger partial charge < -0.3 is 11.1 Å². The zero-order valence-electron chi connectivity index (χ0n) is 13.1. The van der Waals surface area contributed by atoms with Gasteiger partial charge in [-0.2, -0.15) is 0 Å². The molecular weight excluding hydrogens is 258 g/mol. The van der Waals surface area contributed by atoms with Gasteiger partial charge in [-0.1, -0.05) is 25.0 Å². The topological polar surface area (TPSA) is 41.3 Å². The van der Waals surface area contributed by atoms with Crippen molar-refractivity contribution in [1.82, 2.24) is 4.90 Å². The van der Waals surface area contributed by atoms with Crippen LogP contribution in [0.1, 0.15) is 44.1 Å². The highest BCUT2D eigenvalue weighted by molar-refractivity contribution is 5.45. The maximum Gasteiger partial charge on any atom is 0.0342 e. The zero-order chi connectivity index (χ0) is 14.5. The van der Waals surface area contributed by atoms with Crippen LogP contribution in [0.5, 0.6) is 0 Å². The first-order chi connectivity index (χ1) is 10.3. The highest BCUT2D eigenvalue weighted by atomic mass is 15.1. The second kappa shape index (κ2) is 7.28. The monoisotopic (exact) mass is 287 g/mol. The van der Waals surface area contributed by atoms with Crippen molar-refractivity contribution >= 4 is 5.69 Å². The van der Waals surface area contributed by atoms with Crippen molar-refractivity contribution in [2.45, 2.75) is 51.1 Å². The van der Waals surface area contributed by atoms with E-state index in [0.29, 0.717) is 12.0 Å². The summed E-state index contributed by atoms with van der Waals surface area (Å²) in [4.78, 5) is 2.55. The second-order valence-electron chi connectivity index (χ2n) is 6.71. The fourth-order valence-electron chi connectivity index (χ4n) is 3.80. The third-order valence-electron chi connectivity index (χ3n) is 5.12. The summed E-state index contributed by atoms with van der Waals surface area (Å²) in [6, 6.07) is 9.61. The van der Waals surface area contributed by atoms with Crippen LogP contribution in [0.25, 0.3) is 0 Å². The van der Waals surface area contributed by atoms with E-state index in [1.54, 1.807) is 0 Å². The average Bonchev–Trinajstić information content (AvgIpc) is 3.03. The Bertz CT molecular complexity index is 423. The second-order valence-corrected chi connectivity index (χ2v) is 6.71. The minimum Gasteiger partial charge on any atom is -0.382 e. The van der Waals surface area contributed by atoms with E-state index in [1.165, 1.54) is 62.9 Å². The quantitative estimate of drug-likeness (QED) is 0.874. The molecular formula is C18H29N3. The number of anilines is 1. The largest absolute Gasteiger partial charge is 0.382 e. The van der Waals surface area contributed by atoms with E-state index >= 15 is 0 Å². The fraction of sp³-hybridized carbons (Fsp3) is 0.667. The highest BCUT2D eigenvalue weighted by Gasteiger charge is 2.23. The van der Waals surface area contributed by atoms with Gasteiger partial charge in [0.15, 0.2) is 0 Å². The molecule has 1 aliphatic heterocycles. The molecule has 1 heterocycles. The number of hydrogen-bond donors (Lipinski definition) is 2. The number of nitrogens with one attached hydrogen (secondary N) is 1. The van der Waals surface area contributed by atoms with Gasteiger partial charge in [-0.15, -0.1) is 0 Å². The Labute approximate surface area is 128 Å². The third-order valence-corrected chi connectivity index (χ3v) is 5.12. The number of hydrogen-bond acceptors (Lipinski definition) is 3. The lowest BCUT2D eigenvalue weighted by molar-refractivity contribution is 0.331. The normalized spacial score (nSPS) is 26.9. The molecule has 0 aromatic heterocycles. The molecule has 0 radical (unpaired) electrons. The molecule has 2 unspecified atom stereocenters. The van der Waals surface area contributed by atoms with Gasteiger partial charge in [0.1, 0.15) is 0 Å². The lowest BCUT2D eigenvalue weighted by atomic mass is 9.84. The molecule has 3 N–H and O–H groups in total. The van der Waals surface area contributed by atoms with Crippen LogP contribution in [0.15, 0.2) is 24.3 Å². The number of likely N-dealkylation sites (tertiary alicyclic amines) is 1. The summed E-state index contributed by atoms with van der Waals surface area (Å²) in [6.45, 7) is 4.44. The van der Waals surface area contributed by atoms with Gasteiger partial charge in [0, 0.05) is 18.3 Å². The smallest absolute Gasteiger partial charge is 0.0342 e. The number of benzene rings is 1. The summed E-state index contributed by atoms with van der Waals surface area (Å²) >= 11 is 0. The molecule has 3 heteroatoms. The first-order valence-corrected chi connectivity index (χ1v) is 8.63. The van der Waals surface area contributed by atoms with Crippen LogP contribution in [0.3, 0.4) is 0 Å². The average molecular weight is 287 g/mol. The molecule has 2 aliphatic rings. The molecule has 21 heavy (non-hydrogen) atoms. The third kappa shape index (κ3) is 3.98. The van der Waals surface area contributed by atoms with Crippen molar-refractivity contribution in [3.63, 3.8) is 0 Å². The van der Waals surface area contributed by atoms with E-state index < -0.39 is 0 Å². The number of nitrogens with two attached hydrogens (primary N) is 1. The van der Waals surface area contributed by atoms with E-state index in [2.05, 4.69) is 34.5 Å². The predicted octanol–water partition coefficient (Wildman–Crippen LogP) is 3.21. The SMILES string of the molecule is NCC1CCCCC1Nc1ccc(CN2CCCC2)cc1. The summed E-state index contributed by atoms with van der Waals surface area (Å²) in [5.74, 6) is 0.642. The van der Waals surface area contributed by atoms with E-state index in [-0.39, 0.29) is 0 Å². The van der Waals surface area contributed by atoms with E-state index in [4.69, 9.17) is 5.73 Å². The molecule has 1 aromatic rings. The number of rotatable bonds is 5. The predicted molar refractivity (Wildman–Crippen MR) is 89.4 cm³/mol. The van der Waals surface area contributed by atoms with Crippen LogP contribution in [0, 0.1) is 5.92 Å². The zero-order valence-corrected chi connectivity index (χ0v) is 13.1. The summed E-state index contributed by atoms with van der Waals surface area (Å²) in [7, 11) is 0. The van der Waals surface area contributed by atoms with Crippen LogP contribution in [-0.4, -0.2) is 30.6 Å². The van der Waals surface area contributed by atoms with Crippen molar-refractivity contribution in [2.75, 3.05) is 25.0 Å². The standard InChI is InChI=1S/C18H29N3/c19-13-16-5-1-2-6-18(16)20-17-9-7-15(8-10-17)14-21-11-3-4-12-21/h7-10,16,18,20H,1-6,11-14,19H2. The molecule has 116 valence electrons. The lowest BCUT2D eigenvalue weighted by Crippen LogP contribution is -2.36. The summed E-state index contributed by atoms with van der Waals surface area (Å²) in [6.07, 6.45) is 7.94. The summed E-state index contributed by atoms with van der Waals surface area (Å²) < 4.78 is 0. The Morgan fingerprint density at radius 3 is 2.43 bits per heavy atom. The molecule has 0 bridgehead atoms. The Morgan fingerprint density at radius 1 is 1.00 bits per heavy atom.